The lowest BCUT2D eigenvalue weighted by molar-refractivity contribution is -0.142. The Bertz CT molecular complexity index is 910. The van der Waals surface area contributed by atoms with Gasteiger partial charge in [0.1, 0.15) is 12.6 Å². The zero-order valence-corrected chi connectivity index (χ0v) is 16.3. The van der Waals surface area contributed by atoms with Crippen LogP contribution in [0.5, 0.6) is 0 Å². The van der Waals surface area contributed by atoms with Crippen LogP contribution in [0.15, 0.2) is 48.5 Å². The third-order valence-corrected chi connectivity index (χ3v) is 6.92. The summed E-state index contributed by atoms with van der Waals surface area (Å²) in [4.78, 5) is 26.4. The number of carbonyl (C=O) groups is 2. The van der Waals surface area contributed by atoms with Crippen LogP contribution in [0, 0.1) is 5.92 Å². The van der Waals surface area contributed by atoms with Gasteiger partial charge in [0.2, 0.25) is 0 Å². The molecule has 1 unspecified atom stereocenters. The Morgan fingerprint density at radius 2 is 1.59 bits per heavy atom. The fraction of sp³-hybridized carbons (Fsp3) is 0.417. The molecule has 3 atom stereocenters. The average Bonchev–Trinajstić information content (AvgIpc) is 3.29. The number of hydrogen-bond acceptors (Lipinski definition) is 3. The second-order valence-corrected chi connectivity index (χ2v) is 8.41. The van der Waals surface area contributed by atoms with Crippen LogP contribution in [-0.2, 0) is 9.53 Å². The lowest BCUT2D eigenvalue weighted by Crippen LogP contribution is -2.46. The number of nitrogens with zero attached hydrogens (tertiary/aromatic N) is 1. The third kappa shape index (κ3) is 3.00. The first-order valence-corrected chi connectivity index (χ1v) is 10.5. The summed E-state index contributed by atoms with van der Waals surface area (Å²) in [5.41, 5.74) is 4.68. The van der Waals surface area contributed by atoms with Crippen LogP contribution < -0.4 is 0 Å². The van der Waals surface area contributed by atoms with E-state index < -0.39 is 18.1 Å². The Kier molecular flexibility index (Phi) is 4.53. The van der Waals surface area contributed by atoms with Crippen LogP contribution in [0.25, 0.3) is 11.1 Å². The molecule has 0 spiro atoms. The Hall–Kier alpha value is -2.82. The molecule has 1 saturated carbocycles. The molecule has 2 aromatic rings. The Morgan fingerprint density at radius 1 is 0.966 bits per heavy atom. The number of likely N-dealkylation sites (tertiary alicyclic amines) is 1. The van der Waals surface area contributed by atoms with Gasteiger partial charge in [-0.05, 0) is 47.4 Å². The molecule has 0 bridgehead atoms. The van der Waals surface area contributed by atoms with Crippen LogP contribution in [-0.4, -0.2) is 40.8 Å². The largest absolute Gasteiger partial charge is 0.480 e. The predicted octanol–water partition coefficient (Wildman–Crippen LogP) is 4.65. The minimum absolute atomic E-state index is 0.000463. The minimum Gasteiger partial charge on any atom is -0.480 e. The van der Waals surface area contributed by atoms with E-state index in [2.05, 4.69) is 24.3 Å². The van der Waals surface area contributed by atoms with E-state index in [1.54, 1.807) is 0 Å². The zero-order chi connectivity index (χ0) is 20.0. The quantitative estimate of drug-likeness (QED) is 0.827. The van der Waals surface area contributed by atoms with E-state index in [4.69, 9.17) is 4.74 Å². The number of hydrogen-bond donors (Lipinski definition) is 1. The molecule has 1 heterocycles. The first-order valence-electron chi connectivity index (χ1n) is 10.5. The van der Waals surface area contributed by atoms with Crippen molar-refractivity contribution in [3.63, 3.8) is 0 Å². The highest BCUT2D eigenvalue weighted by molar-refractivity contribution is 5.82. The van der Waals surface area contributed by atoms with Gasteiger partial charge in [0.25, 0.3) is 0 Å². The molecule has 29 heavy (non-hydrogen) atoms. The Morgan fingerprint density at radius 3 is 2.24 bits per heavy atom. The summed E-state index contributed by atoms with van der Waals surface area (Å²) < 4.78 is 5.78. The SMILES string of the molecule is O=C(O)C1C[C@H]2CCCC[C@@H]2N1C(=O)OCC1c2ccccc2-c2ccccc21. The lowest BCUT2D eigenvalue weighted by atomic mass is 9.85. The number of benzene rings is 2. The molecule has 1 saturated heterocycles. The molecule has 3 aliphatic rings. The summed E-state index contributed by atoms with van der Waals surface area (Å²) in [5.74, 6) is -0.655. The minimum atomic E-state index is -0.923. The average molecular weight is 391 g/mol. The molecule has 2 aliphatic carbocycles. The summed E-state index contributed by atoms with van der Waals surface area (Å²) >= 11 is 0. The summed E-state index contributed by atoms with van der Waals surface area (Å²) in [7, 11) is 0. The van der Waals surface area contributed by atoms with E-state index in [0.717, 1.165) is 36.8 Å². The van der Waals surface area contributed by atoms with Crippen molar-refractivity contribution in [3.05, 3.63) is 59.7 Å². The van der Waals surface area contributed by atoms with Crippen molar-refractivity contribution in [2.24, 2.45) is 5.92 Å². The van der Waals surface area contributed by atoms with E-state index in [1.807, 2.05) is 24.3 Å². The van der Waals surface area contributed by atoms with E-state index in [9.17, 15) is 14.7 Å². The number of carbonyl (C=O) groups excluding carboxylic acids is 1. The molecule has 2 fully saturated rings. The summed E-state index contributed by atoms with van der Waals surface area (Å²) in [6, 6.07) is 15.7. The Balaban J connectivity index is 1.37. The number of carboxylic acids is 1. The molecule has 2 aromatic carbocycles. The topological polar surface area (TPSA) is 66.8 Å². The highest BCUT2D eigenvalue weighted by Crippen LogP contribution is 2.45. The fourth-order valence-corrected chi connectivity index (χ4v) is 5.61. The highest BCUT2D eigenvalue weighted by Gasteiger charge is 2.48. The first kappa shape index (κ1) is 18.2. The number of fused-ring (bicyclic) bond motifs is 4. The van der Waals surface area contributed by atoms with Crippen molar-refractivity contribution in [3.8, 4) is 11.1 Å². The van der Waals surface area contributed by atoms with E-state index in [-0.39, 0.29) is 24.5 Å². The van der Waals surface area contributed by atoms with E-state index in [0.29, 0.717) is 6.42 Å². The number of aliphatic carboxylic acids is 1. The van der Waals surface area contributed by atoms with Gasteiger partial charge in [0.15, 0.2) is 0 Å². The maximum absolute atomic E-state index is 13.0. The number of amides is 1. The first-order chi connectivity index (χ1) is 14.1. The second-order valence-electron chi connectivity index (χ2n) is 8.41. The standard InChI is InChI=1S/C24H25NO4/c26-23(27)22-13-15-7-1-6-12-21(15)25(22)24(28)29-14-20-18-10-4-2-8-16(18)17-9-3-5-11-19(17)20/h2-5,8-11,15,20-22H,1,6-7,12-14H2,(H,26,27)/t15-,21+,22?/m1/s1. The van der Waals surface area contributed by atoms with Crippen LogP contribution in [0.2, 0.25) is 0 Å². The van der Waals surface area contributed by atoms with Crippen molar-refractivity contribution in [2.45, 2.75) is 50.1 Å². The molecular weight excluding hydrogens is 366 g/mol. The monoisotopic (exact) mass is 391 g/mol. The van der Waals surface area contributed by atoms with Gasteiger partial charge in [0, 0.05) is 12.0 Å². The zero-order valence-electron chi connectivity index (χ0n) is 16.3. The second kappa shape index (κ2) is 7.21. The van der Waals surface area contributed by atoms with Gasteiger partial charge in [-0.15, -0.1) is 0 Å². The summed E-state index contributed by atoms with van der Waals surface area (Å²) in [6.45, 7) is 0.229. The molecule has 5 nitrogen and oxygen atoms in total. The van der Waals surface area contributed by atoms with Crippen molar-refractivity contribution in [1.29, 1.82) is 0 Å². The maximum atomic E-state index is 13.0. The molecule has 150 valence electrons. The summed E-state index contributed by atoms with van der Waals surface area (Å²) in [6.07, 6.45) is 4.10. The molecule has 1 amide bonds. The van der Waals surface area contributed by atoms with Crippen molar-refractivity contribution in [1.82, 2.24) is 4.90 Å². The van der Waals surface area contributed by atoms with Crippen LogP contribution in [0.1, 0.15) is 49.1 Å². The van der Waals surface area contributed by atoms with Crippen LogP contribution in [0.4, 0.5) is 4.79 Å². The lowest BCUT2D eigenvalue weighted by Gasteiger charge is -2.32. The van der Waals surface area contributed by atoms with Gasteiger partial charge in [-0.25, -0.2) is 9.59 Å². The number of carboxylic acid groups (broad SMARTS) is 1. The van der Waals surface area contributed by atoms with Crippen molar-refractivity contribution < 1.29 is 19.4 Å². The van der Waals surface area contributed by atoms with Gasteiger partial charge in [0.05, 0.1) is 0 Å². The van der Waals surface area contributed by atoms with Crippen LogP contribution in [0.3, 0.4) is 0 Å². The molecule has 5 heteroatoms. The maximum Gasteiger partial charge on any atom is 0.410 e. The molecular formula is C24H25NO4. The van der Waals surface area contributed by atoms with Gasteiger partial charge < -0.3 is 9.84 Å². The van der Waals surface area contributed by atoms with Crippen LogP contribution >= 0.6 is 0 Å². The van der Waals surface area contributed by atoms with Gasteiger partial charge >= 0.3 is 12.1 Å². The fourth-order valence-electron chi connectivity index (χ4n) is 5.61. The van der Waals surface area contributed by atoms with Gasteiger partial charge in [-0.1, -0.05) is 61.4 Å². The third-order valence-electron chi connectivity index (χ3n) is 6.92. The van der Waals surface area contributed by atoms with Gasteiger partial charge in [-0.2, -0.15) is 0 Å². The van der Waals surface area contributed by atoms with E-state index in [1.165, 1.54) is 16.0 Å². The molecule has 1 aliphatic heterocycles. The molecule has 5 rings (SSSR count). The van der Waals surface area contributed by atoms with Crippen molar-refractivity contribution >= 4 is 12.1 Å². The molecule has 0 radical (unpaired) electrons. The smallest absolute Gasteiger partial charge is 0.410 e. The van der Waals surface area contributed by atoms with Gasteiger partial charge in [-0.3, -0.25) is 4.90 Å². The Labute approximate surface area is 170 Å². The summed E-state index contributed by atoms with van der Waals surface area (Å²) in [5, 5.41) is 9.67. The van der Waals surface area contributed by atoms with Crippen molar-refractivity contribution in [2.75, 3.05) is 6.61 Å². The normalized spacial score (nSPS) is 25.2. The highest BCUT2D eigenvalue weighted by atomic mass is 16.6. The molecule has 1 N–H and O–H groups in total. The predicted molar refractivity (Wildman–Crippen MR) is 109 cm³/mol. The number of rotatable bonds is 3. The molecule has 0 aromatic heterocycles. The van der Waals surface area contributed by atoms with E-state index >= 15 is 0 Å². The number of ether oxygens (including phenoxy) is 1.